The van der Waals surface area contributed by atoms with Gasteiger partial charge in [-0.2, -0.15) is 0 Å². The van der Waals surface area contributed by atoms with Gasteiger partial charge in [-0.05, 0) is 212 Å². The summed E-state index contributed by atoms with van der Waals surface area (Å²) in [5.74, 6) is 0.974. The zero-order valence-electron chi connectivity index (χ0n) is 45.4. The molecule has 14 rings (SSSR count). The highest BCUT2D eigenvalue weighted by molar-refractivity contribution is 7.01. The summed E-state index contributed by atoms with van der Waals surface area (Å²) < 4.78 is 7.61. The van der Waals surface area contributed by atoms with Crippen molar-refractivity contribution in [3.63, 3.8) is 0 Å². The number of nitrogens with zero attached hydrogens (tertiary/aromatic N) is 2. The van der Waals surface area contributed by atoms with E-state index in [-0.39, 0.29) is 44.6 Å². The zero-order chi connectivity index (χ0) is 49.7. The van der Waals surface area contributed by atoms with Crippen molar-refractivity contribution >= 4 is 68.4 Å². The van der Waals surface area contributed by atoms with Crippen molar-refractivity contribution in [2.24, 2.45) is 0 Å². The Labute approximate surface area is 425 Å². The van der Waals surface area contributed by atoms with E-state index in [2.05, 4.69) is 210 Å². The van der Waals surface area contributed by atoms with Crippen molar-refractivity contribution in [1.29, 1.82) is 0 Å². The van der Waals surface area contributed by atoms with Gasteiger partial charge in [0.05, 0.1) is 5.69 Å². The van der Waals surface area contributed by atoms with Crippen LogP contribution in [0.1, 0.15) is 186 Å². The minimum absolute atomic E-state index is 0.0216. The molecular formula is C67H75BN2O. The molecule has 0 N–H and O–H groups in total. The van der Waals surface area contributed by atoms with Gasteiger partial charge in [0.15, 0.2) is 0 Å². The van der Waals surface area contributed by atoms with Crippen LogP contribution in [0.3, 0.4) is 0 Å². The van der Waals surface area contributed by atoms with Gasteiger partial charge in [0.1, 0.15) is 5.58 Å². The summed E-state index contributed by atoms with van der Waals surface area (Å²) in [6.07, 6.45) is 9.64. The number of furan rings is 1. The Bertz CT molecular complexity index is 3400. The summed E-state index contributed by atoms with van der Waals surface area (Å²) in [4.78, 5) is 5.28. The molecule has 2 bridgehead atoms. The van der Waals surface area contributed by atoms with Crippen LogP contribution in [0.2, 0.25) is 0 Å². The molecule has 4 heteroatoms. The van der Waals surface area contributed by atoms with E-state index in [1.54, 1.807) is 5.56 Å². The first-order valence-electron chi connectivity index (χ1n) is 27.3. The SMILES string of the molecule is Cc1cc2c3c(c1)N(c1ccc(C(C)(C)C)cc1)c1oc4cc5c(cc4c1B3c1cc3c(cc1N2c1cc2c(cc1-c1ccccc1)C(C)(C)CCC2(C)C)C(C)(C)CCC3(C)C)C1(C)CCC5(C)CC1. The minimum Gasteiger partial charge on any atom is -0.440 e. The van der Waals surface area contributed by atoms with E-state index < -0.39 is 0 Å². The van der Waals surface area contributed by atoms with Crippen LogP contribution in [-0.4, -0.2) is 6.71 Å². The number of fused-ring (bicyclic) bond motifs is 10. The molecule has 3 heterocycles. The fourth-order valence-electron chi connectivity index (χ4n) is 14.9. The standard InChI is InChI=1S/C67H75BN2O/c1-40-32-55-59-56(33-40)70(53-37-48-46(62(5,6)24-26-64(48,9)10)34-44(53)41-18-16-15-17-19-41)54-38-49-47(63(7,8)25-27-65(49,11)12)36-52(54)68(59)58-45-35-50-51(67(14)30-28-66(50,13)29-31-67)39-57(45)71-60(58)69(55)43-22-20-42(21-23-43)61(2,3)4/h15-23,32-39H,24-31H2,1-14H3. The van der Waals surface area contributed by atoms with Crippen molar-refractivity contribution < 1.29 is 4.42 Å². The molecule has 0 unspecified atom stereocenters. The summed E-state index contributed by atoms with van der Waals surface area (Å²) in [5.41, 5.74) is 26.1. The number of rotatable bonds is 3. The molecular weight excluding hydrogens is 860 g/mol. The van der Waals surface area contributed by atoms with Gasteiger partial charge in [-0.25, -0.2) is 0 Å². The quantitative estimate of drug-likeness (QED) is 0.165. The summed E-state index contributed by atoms with van der Waals surface area (Å²) in [5, 5.41) is 1.29. The first-order valence-corrected chi connectivity index (χ1v) is 27.3. The first kappa shape index (κ1) is 45.4. The third-order valence-corrected chi connectivity index (χ3v) is 20.0. The van der Waals surface area contributed by atoms with Gasteiger partial charge in [-0.1, -0.05) is 139 Å². The molecule has 6 aromatic carbocycles. The van der Waals surface area contributed by atoms with Crippen LogP contribution in [0.15, 0.2) is 108 Å². The fraction of sp³-hybridized carbons (Fsp3) is 0.433. The van der Waals surface area contributed by atoms with E-state index in [9.17, 15) is 0 Å². The Morgan fingerprint density at radius 3 is 1.55 bits per heavy atom. The Kier molecular flexibility index (Phi) is 9.20. The Morgan fingerprint density at radius 2 is 0.986 bits per heavy atom. The lowest BCUT2D eigenvalue weighted by atomic mass is 9.33. The molecule has 1 aromatic heterocycles. The van der Waals surface area contributed by atoms with Gasteiger partial charge in [0.2, 0.25) is 5.88 Å². The Morgan fingerprint density at radius 1 is 0.479 bits per heavy atom. The molecule has 5 aliphatic carbocycles. The van der Waals surface area contributed by atoms with Gasteiger partial charge in [0, 0.05) is 39.2 Å². The third kappa shape index (κ3) is 6.40. The predicted octanol–water partition coefficient (Wildman–Crippen LogP) is 16.6. The van der Waals surface area contributed by atoms with Crippen LogP contribution in [-0.2, 0) is 37.9 Å². The van der Waals surface area contributed by atoms with Crippen LogP contribution >= 0.6 is 0 Å². The minimum atomic E-state index is -0.0465. The fourth-order valence-corrected chi connectivity index (χ4v) is 14.9. The van der Waals surface area contributed by atoms with E-state index in [1.807, 2.05) is 0 Å². The smallest absolute Gasteiger partial charge is 0.257 e. The van der Waals surface area contributed by atoms with E-state index >= 15 is 0 Å². The van der Waals surface area contributed by atoms with Crippen molar-refractivity contribution in [2.45, 2.75) is 186 Å². The van der Waals surface area contributed by atoms with E-state index in [0.717, 1.165) is 36.4 Å². The predicted molar refractivity (Wildman–Crippen MR) is 303 cm³/mol. The molecule has 1 saturated carbocycles. The van der Waals surface area contributed by atoms with Crippen molar-refractivity contribution in [3.05, 3.63) is 148 Å². The molecule has 0 radical (unpaired) electrons. The second-order valence-electron chi connectivity index (χ2n) is 27.7. The average molecular weight is 935 g/mol. The molecule has 0 amide bonds. The molecule has 0 atom stereocenters. The third-order valence-electron chi connectivity index (χ3n) is 20.0. The molecule has 7 aromatic rings. The van der Waals surface area contributed by atoms with Gasteiger partial charge in [-0.3, -0.25) is 4.90 Å². The van der Waals surface area contributed by atoms with Crippen molar-refractivity contribution in [1.82, 2.24) is 0 Å². The topological polar surface area (TPSA) is 19.6 Å². The number of anilines is 6. The highest BCUT2D eigenvalue weighted by Gasteiger charge is 2.52. The lowest BCUT2D eigenvalue weighted by Gasteiger charge is -2.52. The van der Waals surface area contributed by atoms with Gasteiger partial charge in [-0.15, -0.1) is 0 Å². The number of hydrogen-bond acceptors (Lipinski definition) is 3. The highest BCUT2D eigenvalue weighted by Crippen LogP contribution is 2.59. The molecule has 2 aliphatic heterocycles. The number of aryl methyl sites for hydroxylation is 1. The maximum absolute atomic E-state index is 7.61. The largest absolute Gasteiger partial charge is 0.440 e. The molecule has 71 heavy (non-hydrogen) atoms. The zero-order valence-corrected chi connectivity index (χ0v) is 45.4. The Hall–Kier alpha value is -5.48. The lowest BCUT2D eigenvalue weighted by molar-refractivity contribution is 0.188. The molecule has 0 spiro atoms. The van der Waals surface area contributed by atoms with Gasteiger partial charge < -0.3 is 9.32 Å². The van der Waals surface area contributed by atoms with Gasteiger partial charge >= 0.3 is 0 Å². The second kappa shape index (κ2) is 14.4. The van der Waals surface area contributed by atoms with E-state index in [0.29, 0.717) is 0 Å². The van der Waals surface area contributed by atoms with Crippen molar-refractivity contribution in [3.8, 4) is 11.1 Å². The van der Waals surface area contributed by atoms with Crippen LogP contribution in [0.5, 0.6) is 0 Å². The maximum atomic E-state index is 7.61. The normalized spacial score (nSPS) is 23.7. The number of hydrogen-bond donors (Lipinski definition) is 0. The van der Waals surface area contributed by atoms with Gasteiger partial charge in [0.25, 0.3) is 6.71 Å². The highest BCUT2D eigenvalue weighted by atomic mass is 16.4. The lowest BCUT2D eigenvalue weighted by Crippen LogP contribution is -2.61. The Balaban J connectivity index is 1.18. The monoisotopic (exact) mass is 935 g/mol. The molecule has 0 saturated heterocycles. The van der Waals surface area contributed by atoms with Crippen LogP contribution in [0, 0.1) is 6.92 Å². The van der Waals surface area contributed by atoms with Crippen LogP contribution in [0.4, 0.5) is 34.3 Å². The molecule has 3 nitrogen and oxygen atoms in total. The van der Waals surface area contributed by atoms with Crippen LogP contribution < -0.4 is 26.2 Å². The number of benzene rings is 6. The summed E-state index contributed by atoms with van der Waals surface area (Å²) in [6, 6.07) is 41.5. The maximum Gasteiger partial charge on any atom is 0.257 e. The molecule has 1 fully saturated rings. The molecule has 7 aliphatic rings. The van der Waals surface area contributed by atoms with Crippen LogP contribution in [0.25, 0.3) is 22.1 Å². The second-order valence-corrected chi connectivity index (χ2v) is 27.7. The van der Waals surface area contributed by atoms with Crippen molar-refractivity contribution in [2.75, 3.05) is 9.80 Å². The first-order chi connectivity index (χ1) is 33.4. The summed E-state index contributed by atoms with van der Waals surface area (Å²) >= 11 is 0. The molecule has 362 valence electrons. The van der Waals surface area contributed by atoms with E-state index in [1.165, 1.54) is 127 Å². The summed E-state index contributed by atoms with van der Waals surface area (Å²) in [7, 11) is 0. The van der Waals surface area contributed by atoms with E-state index in [4.69, 9.17) is 4.42 Å². The average Bonchev–Trinajstić information content (AvgIpc) is 3.70. The summed E-state index contributed by atoms with van der Waals surface area (Å²) in [6.45, 7) is 34.2.